The molecule has 0 fully saturated rings. The van der Waals surface area contributed by atoms with Gasteiger partial charge >= 0.3 is 6.03 Å². The zero-order valence-corrected chi connectivity index (χ0v) is 17.5. The highest BCUT2D eigenvalue weighted by Crippen LogP contribution is 2.19. The summed E-state index contributed by atoms with van der Waals surface area (Å²) in [7, 11) is 1.64. The van der Waals surface area contributed by atoms with Gasteiger partial charge in [-0.15, -0.1) is 0 Å². The van der Waals surface area contributed by atoms with Gasteiger partial charge in [0.15, 0.2) is 0 Å². The highest BCUT2D eigenvalue weighted by Gasteiger charge is 2.17. The number of para-hydroxylation sites is 1. The number of rotatable bonds is 8. The van der Waals surface area contributed by atoms with Crippen molar-refractivity contribution in [3.8, 4) is 0 Å². The van der Waals surface area contributed by atoms with E-state index in [1.165, 1.54) is 0 Å². The zero-order chi connectivity index (χ0) is 20.6. The van der Waals surface area contributed by atoms with Crippen LogP contribution in [0.1, 0.15) is 16.8 Å². The predicted octanol–water partition coefficient (Wildman–Crippen LogP) is 5.18. The first kappa shape index (κ1) is 21.0. The van der Waals surface area contributed by atoms with Crippen LogP contribution in [0.15, 0.2) is 66.9 Å². The number of nitrogens with zero attached hydrogens (tertiary/aromatic N) is 2. The first-order chi connectivity index (χ1) is 14.1. The smallest absolute Gasteiger partial charge is 0.322 e. The molecule has 152 valence electrons. The second kappa shape index (κ2) is 10.1. The summed E-state index contributed by atoms with van der Waals surface area (Å²) in [6.45, 7) is 4.06. The van der Waals surface area contributed by atoms with Crippen molar-refractivity contribution in [3.63, 3.8) is 0 Å². The highest BCUT2D eigenvalue weighted by molar-refractivity contribution is 6.31. The van der Waals surface area contributed by atoms with E-state index in [1.807, 2.05) is 73.8 Å². The van der Waals surface area contributed by atoms with Crippen molar-refractivity contribution in [2.75, 3.05) is 25.6 Å². The van der Waals surface area contributed by atoms with Crippen LogP contribution in [0.4, 0.5) is 10.5 Å². The molecule has 0 aliphatic heterocycles. The molecule has 0 saturated carbocycles. The van der Waals surface area contributed by atoms with Crippen LogP contribution in [0.2, 0.25) is 5.02 Å². The average Bonchev–Trinajstić information content (AvgIpc) is 3.15. The monoisotopic (exact) mass is 411 g/mol. The number of benzene rings is 2. The number of aryl methyl sites for hydroxylation is 1. The summed E-state index contributed by atoms with van der Waals surface area (Å²) in [5.41, 5.74) is 3.90. The van der Waals surface area contributed by atoms with E-state index in [0.29, 0.717) is 26.2 Å². The Balaban J connectivity index is 1.75. The van der Waals surface area contributed by atoms with Crippen LogP contribution in [0.25, 0.3) is 0 Å². The molecule has 0 aliphatic carbocycles. The van der Waals surface area contributed by atoms with Crippen LogP contribution in [-0.4, -0.2) is 35.8 Å². The summed E-state index contributed by atoms with van der Waals surface area (Å²) in [4.78, 5) is 14.7. The summed E-state index contributed by atoms with van der Waals surface area (Å²) in [5, 5.41) is 3.75. The van der Waals surface area contributed by atoms with Crippen LogP contribution in [0.3, 0.4) is 0 Å². The molecule has 1 heterocycles. The van der Waals surface area contributed by atoms with Gasteiger partial charge in [0.25, 0.3) is 0 Å². The van der Waals surface area contributed by atoms with Gasteiger partial charge in [-0.1, -0.05) is 48.0 Å². The van der Waals surface area contributed by atoms with E-state index in [1.54, 1.807) is 12.0 Å². The van der Waals surface area contributed by atoms with Gasteiger partial charge in [0, 0.05) is 42.8 Å². The predicted molar refractivity (Wildman–Crippen MR) is 117 cm³/mol. The minimum atomic E-state index is -0.151. The number of halogens is 1. The van der Waals surface area contributed by atoms with Gasteiger partial charge in [0.05, 0.1) is 13.2 Å². The molecular weight excluding hydrogens is 386 g/mol. The largest absolute Gasteiger partial charge is 0.383 e. The fourth-order valence-corrected chi connectivity index (χ4v) is 3.31. The molecule has 0 unspecified atom stereocenters. The number of carbonyl (C=O) groups excluding carboxylic acids is 1. The molecule has 1 N–H and O–H groups in total. The van der Waals surface area contributed by atoms with Gasteiger partial charge in [-0.2, -0.15) is 0 Å². The second-order valence-electron chi connectivity index (χ2n) is 6.88. The van der Waals surface area contributed by atoms with Crippen LogP contribution < -0.4 is 5.32 Å². The van der Waals surface area contributed by atoms with E-state index >= 15 is 0 Å². The number of carbonyl (C=O) groups is 1. The Morgan fingerprint density at radius 1 is 1.10 bits per heavy atom. The number of aromatic nitrogens is 1. The zero-order valence-electron chi connectivity index (χ0n) is 16.8. The molecule has 0 radical (unpaired) electrons. The van der Waals surface area contributed by atoms with Crippen LogP contribution in [0.5, 0.6) is 0 Å². The van der Waals surface area contributed by atoms with Crippen molar-refractivity contribution in [2.45, 2.75) is 20.0 Å². The number of hydrogen-bond donors (Lipinski definition) is 1. The lowest BCUT2D eigenvalue weighted by atomic mass is 10.2. The van der Waals surface area contributed by atoms with Crippen LogP contribution >= 0.6 is 11.6 Å². The van der Waals surface area contributed by atoms with Crippen LogP contribution in [-0.2, 0) is 17.8 Å². The molecule has 0 saturated heterocycles. The molecule has 5 nitrogen and oxygen atoms in total. The summed E-state index contributed by atoms with van der Waals surface area (Å²) < 4.78 is 7.32. The molecule has 0 bridgehead atoms. The number of ether oxygens (including phenoxy) is 1. The normalized spacial score (nSPS) is 10.7. The molecule has 6 heteroatoms. The van der Waals surface area contributed by atoms with Gasteiger partial charge < -0.3 is 19.5 Å². The fourth-order valence-electron chi connectivity index (χ4n) is 3.11. The Labute approximate surface area is 176 Å². The van der Waals surface area contributed by atoms with E-state index < -0.39 is 0 Å². The maximum atomic E-state index is 12.9. The quantitative estimate of drug-likeness (QED) is 0.555. The Morgan fingerprint density at radius 2 is 1.86 bits per heavy atom. The maximum absolute atomic E-state index is 12.9. The highest BCUT2D eigenvalue weighted by atomic mass is 35.5. The Morgan fingerprint density at radius 3 is 2.62 bits per heavy atom. The van der Waals surface area contributed by atoms with Crippen molar-refractivity contribution in [2.24, 2.45) is 0 Å². The molecule has 2 amide bonds. The number of hydrogen-bond acceptors (Lipinski definition) is 2. The number of anilines is 1. The SMILES string of the molecule is COCCN(Cc1cccn1Cc1ccccc1Cl)C(=O)Nc1ccccc1C. The first-order valence-corrected chi connectivity index (χ1v) is 9.94. The molecular formula is C23H26ClN3O2. The topological polar surface area (TPSA) is 46.5 Å². The molecule has 0 atom stereocenters. The molecule has 2 aromatic carbocycles. The average molecular weight is 412 g/mol. The van der Waals surface area contributed by atoms with E-state index in [9.17, 15) is 4.79 Å². The number of amides is 2. The molecule has 1 aromatic heterocycles. The lowest BCUT2D eigenvalue weighted by molar-refractivity contribution is 0.152. The van der Waals surface area contributed by atoms with Gasteiger partial charge in [0.2, 0.25) is 0 Å². The van der Waals surface area contributed by atoms with Gasteiger partial charge in [-0.3, -0.25) is 0 Å². The second-order valence-corrected chi connectivity index (χ2v) is 7.29. The van der Waals surface area contributed by atoms with Crippen LogP contribution in [0, 0.1) is 6.92 Å². The number of methoxy groups -OCH3 is 1. The van der Waals surface area contributed by atoms with E-state index in [0.717, 1.165) is 27.5 Å². The van der Waals surface area contributed by atoms with E-state index in [2.05, 4.69) is 9.88 Å². The summed E-state index contributed by atoms with van der Waals surface area (Å²) in [6.07, 6.45) is 2.01. The van der Waals surface area contributed by atoms with Crippen molar-refractivity contribution < 1.29 is 9.53 Å². The van der Waals surface area contributed by atoms with E-state index in [4.69, 9.17) is 16.3 Å². The molecule has 0 spiro atoms. The lowest BCUT2D eigenvalue weighted by Crippen LogP contribution is -2.37. The Hall–Kier alpha value is -2.76. The van der Waals surface area contributed by atoms with Crippen molar-refractivity contribution in [1.82, 2.24) is 9.47 Å². The third-order valence-corrected chi connectivity index (χ3v) is 5.18. The Kier molecular flexibility index (Phi) is 7.33. The lowest BCUT2D eigenvalue weighted by Gasteiger charge is -2.24. The number of urea groups is 1. The van der Waals surface area contributed by atoms with Crippen molar-refractivity contribution >= 4 is 23.3 Å². The first-order valence-electron chi connectivity index (χ1n) is 9.56. The summed E-state index contributed by atoms with van der Waals surface area (Å²) in [6, 6.07) is 19.4. The Bertz CT molecular complexity index is 955. The fraction of sp³-hybridized carbons (Fsp3) is 0.261. The maximum Gasteiger partial charge on any atom is 0.322 e. The third kappa shape index (κ3) is 5.62. The summed E-state index contributed by atoms with van der Waals surface area (Å²) >= 11 is 6.32. The van der Waals surface area contributed by atoms with Crippen molar-refractivity contribution in [3.05, 3.63) is 88.7 Å². The molecule has 0 aliphatic rings. The number of nitrogens with one attached hydrogen (secondary N) is 1. The molecule has 3 aromatic rings. The standard InChI is InChI=1S/C23H26ClN3O2/c1-18-8-3-6-12-22(18)25-23(28)27(14-15-29-2)17-20-10-7-13-26(20)16-19-9-4-5-11-21(19)24/h3-13H,14-17H2,1-2H3,(H,25,28). The minimum Gasteiger partial charge on any atom is -0.383 e. The minimum absolute atomic E-state index is 0.151. The van der Waals surface area contributed by atoms with Gasteiger partial charge in [-0.25, -0.2) is 4.79 Å². The molecule has 3 rings (SSSR count). The van der Waals surface area contributed by atoms with Gasteiger partial charge in [0.1, 0.15) is 0 Å². The third-order valence-electron chi connectivity index (χ3n) is 4.81. The summed E-state index contributed by atoms with van der Waals surface area (Å²) in [5.74, 6) is 0. The molecule has 29 heavy (non-hydrogen) atoms. The van der Waals surface area contributed by atoms with Crippen molar-refractivity contribution in [1.29, 1.82) is 0 Å². The van der Waals surface area contributed by atoms with E-state index in [-0.39, 0.29) is 6.03 Å². The van der Waals surface area contributed by atoms with Gasteiger partial charge in [-0.05, 0) is 42.3 Å².